The van der Waals surface area contributed by atoms with Crippen LogP contribution in [-0.4, -0.2) is 28.6 Å². The van der Waals surface area contributed by atoms with Crippen molar-refractivity contribution in [1.82, 2.24) is 4.90 Å². The van der Waals surface area contributed by atoms with Gasteiger partial charge < -0.3 is 5.11 Å². The number of carbonyl (C=O) groups is 1. The highest BCUT2D eigenvalue weighted by Crippen LogP contribution is 2.14. The molecular formula is C15H22ClNO2. The third kappa shape index (κ3) is 6.60. The van der Waals surface area contributed by atoms with Gasteiger partial charge in [0.05, 0.1) is 0 Å². The number of nitrogens with zero attached hydrogens (tertiary/aromatic N) is 1. The van der Waals surface area contributed by atoms with Gasteiger partial charge in [0.2, 0.25) is 0 Å². The zero-order valence-electron chi connectivity index (χ0n) is 11.6. The van der Waals surface area contributed by atoms with E-state index in [0.29, 0.717) is 6.04 Å². The molecule has 0 radical (unpaired) electrons. The third-order valence-electron chi connectivity index (χ3n) is 3.09. The van der Waals surface area contributed by atoms with Gasteiger partial charge in [-0.2, -0.15) is 0 Å². The zero-order valence-corrected chi connectivity index (χ0v) is 12.4. The summed E-state index contributed by atoms with van der Waals surface area (Å²) in [4.78, 5) is 12.8. The number of hydrogen-bond acceptors (Lipinski definition) is 2. The number of hydrogen-bond donors (Lipinski definition) is 1. The molecule has 0 saturated carbocycles. The number of carboxylic acid groups (broad SMARTS) is 1. The van der Waals surface area contributed by atoms with E-state index in [1.165, 1.54) is 5.56 Å². The van der Waals surface area contributed by atoms with Gasteiger partial charge >= 0.3 is 5.97 Å². The van der Waals surface area contributed by atoms with Crippen molar-refractivity contribution >= 4 is 17.6 Å². The second-order valence-electron chi connectivity index (χ2n) is 5.04. The molecule has 1 aromatic carbocycles. The Morgan fingerprint density at radius 2 is 2.11 bits per heavy atom. The fourth-order valence-corrected chi connectivity index (χ4v) is 2.19. The van der Waals surface area contributed by atoms with E-state index >= 15 is 0 Å². The van der Waals surface area contributed by atoms with Crippen LogP contribution in [0.5, 0.6) is 0 Å². The maximum Gasteiger partial charge on any atom is 0.303 e. The molecule has 0 amide bonds. The maximum absolute atomic E-state index is 10.5. The van der Waals surface area contributed by atoms with Gasteiger partial charge in [0.1, 0.15) is 0 Å². The largest absolute Gasteiger partial charge is 0.481 e. The molecule has 0 fully saturated rings. The summed E-state index contributed by atoms with van der Waals surface area (Å²) in [6.07, 6.45) is 1.89. The average molecular weight is 284 g/mol. The molecule has 0 aliphatic rings. The van der Waals surface area contributed by atoms with Gasteiger partial charge in [-0.1, -0.05) is 23.7 Å². The van der Waals surface area contributed by atoms with Crippen LogP contribution in [0.15, 0.2) is 24.3 Å². The molecule has 0 spiro atoms. The van der Waals surface area contributed by atoms with E-state index in [1.807, 2.05) is 18.2 Å². The Morgan fingerprint density at radius 3 is 2.68 bits per heavy atom. The molecule has 0 aliphatic heterocycles. The smallest absolute Gasteiger partial charge is 0.303 e. The second-order valence-corrected chi connectivity index (χ2v) is 5.48. The van der Waals surface area contributed by atoms with Crippen molar-refractivity contribution in [2.45, 2.75) is 45.7 Å². The van der Waals surface area contributed by atoms with Gasteiger partial charge in [0, 0.05) is 24.0 Å². The summed E-state index contributed by atoms with van der Waals surface area (Å²) < 4.78 is 0. The number of carboxylic acids is 1. The van der Waals surface area contributed by atoms with Gasteiger partial charge in [-0.3, -0.25) is 9.69 Å². The monoisotopic (exact) mass is 283 g/mol. The number of halogens is 1. The Kier molecular flexibility index (Phi) is 6.89. The molecule has 106 valence electrons. The molecule has 0 unspecified atom stereocenters. The van der Waals surface area contributed by atoms with Gasteiger partial charge in [0.25, 0.3) is 0 Å². The van der Waals surface area contributed by atoms with Crippen LogP contribution >= 0.6 is 11.6 Å². The van der Waals surface area contributed by atoms with E-state index < -0.39 is 5.97 Å². The minimum atomic E-state index is -0.717. The minimum Gasteiger partial charge on any atom is -0.481 e. The van der Waals surface area contributed by atoms with Crippen molar-refractivity contribution in [2.24, 2.45) is 0 Å². The predicted octanol–water partition coefficient (Wildman–Crippen LogP) is 3.81. The van der Waals surface area contributed by atoms with Crippen molar-refractivity contribution in [3.8, 4) is 0 Å². The van der Waals surface area contributed by atoms with E-state index in [2.05, 4.69) is 24.8 Å². The molecule has 0 heterocycles. The molecule has 0 atom stereocenters. The minimum absolute atomic E-state index is 0.253. The van der Waals surface area contributed by atoms with Gasteiger partial charge in [0.15, 0.2) is 0 Å². The maximum atomic E-state index is 10.5. The topological polar surface area (TPSA) is 40.5 Å². The third-order valence-corrected chi connectivity index (χ3v) is 3.33. The lowest BCUT2D eigenvalue weighted by atomic mass is 10.1. The highest BCUT2D eigenvalue weighted by atomic mass is 35.5. The molecule has 1 N–H and O–H groups in total. The first-order chi connectivity index (χ1) is 8.99. The van der Waals surface area contributed by atoms with Crippen LogP contribution in [0.25, 0.3) is 0 Å². The Balaban J connectivity index is 2.46. The van der Waals surface area contributed by atoms with E-state index in [-0.39, 0.29) is 6.42 Å². The quantitative estimate of drug-likeness (QED) is 0.738. The van der Waals surface area contributed by atoms with Gasteiger partial charge in [-0.05, 0) is 50.9 Å². The Labute approximate surface area is 120 Å². The molecule has 0 aromatic heterocycles. The molecule has 1 rings (SSSR count). The highest BCUT2D eigenvalue weighted by Gasteiger charge is 2.10. The first kappa shape index (κ1) is 16.0. The van der Waals surface area contributed by atoms with E-state index in [1.54, 1.807) is 0 Å². The lowest BCUT2D eigenvalue weighted by Gasteiger charge is -2.26. The summed E-state index contributed by atoms with van der Waals surface area (Å²) in [5.74, 6) is -0.717. The van der Waals surface area contributed by atoms with Crippen LogP contribution in [0.3, 0.4) is 0 Å². The molecule has 19 heavy (non-hydrogen) atoms. The second kappa shape index (κ2) is 8.18. The summed E-state index contributed by atoms with van der Waals surface area (Å²) in [6, 6.07) is 8.31. The Morgan fingerprint density at radius 1 is 1.37 bits per heavy atom. The van der Waals surface area contributed by atoms with Crippen molar-refractivity contribution in [3.63, 3.8) is 0 Å². The molecule has 1 aromatic rings. The standard InChI is InChI=1S/C15H22ClNO2/c1-12(2)17(9-4-3-8-15(18)19)11-13-6-5-7-14(16)10-13/h5-7,10,12H,3-4,8-9,11H2,1-2H3,(H,18,19). The van der Waals surface area contributed by atoms with Crippen LogP contribution in [0.4, 0.5) is 0 Å². The molecule has 0 bridgehead atoms. The summed E-state index contributed by atoms with van der Waals surface area (Å²) in [6.45, 7) is 6.08. The first-order valence-electron chi connectivity index (χ1n) is 6.69. The molecule has 3 nitrogen and oxygen atoms in total. The number of benzene rings is 1. The first-order valence-corrected chi connectivity index (χ1v) is 7.07. The predicted molar refractivity (Wildman–Crippen MR) is 78.5 cm³/mol. The van der Waals surface area contributed by atoms with Gasteiger partial charge in [-0.25, -0.2) is 0 Å². The SMILES string of the molecule is CC(C)N(CCCCC(=O)O)Cc1cccc(Cl)c1. The lowest BCUT2D eigenvalue weighted by Crippen LogP contribution is -2.31. The average Bonchev–Trinajstić information content (AvgIpc) is 2.32. The number of aliphatic carboxylic acids is 1. The van der Waals surface area contributed by atoms with E-state index in [4.69, 9.17) is 16.7 Å². The van der Waals surface area contributed by atoms with Crippen LogP contribution < -0.4 is 0 Å². The van der Waals surface area contributed by atoms with E-state index in [0.717, 1.165) is 31.0 Å². The summed E-state index contributed by atoms with van der Waals surface area (Å²) in [7, 11) is 0. The van der Waals surface area contributed by atoms with Gasteiger partial charge in [-0.15, -0.1) is 0 Å². The fraction of sp³-hybridized carbons (Fsp3) is 0.533. The number of unbranched alkanes of at least 4 members (excludes halogenated alkanes) is 1. The summed E-state index contributed by atoms with van der Waals surface area (Å²) >= 11 is 5.99. The molecule has 0 saturated heterocycles. The summed E-state index contributed by atoms with van der Waals surface area (Å²) in [5, 5.41) is 9.38. The molecular weight excluding hydrogens is 262 g/mol. The fourth-order valence-electron chi connectivity index (χ4n) is 1.98. The molecule has 4 heteroatoms. The summed E-state index contributed by atoms with van der Waals surface area (Å²) in [5.41, 5.74) is 1.19. The van der Waals surface area contributed by atoms with Crippen molar-refractivity contribution < 1.29 is 9.90 Å². The van der Waals surface area contributed by atoms with Crippen LogP contribution in [0.1, 0.15) is 38.7 Å². The van der Waals surface area contributed by atoms with Crippen molar-refractivity contribution in [2.75, 3.05) is 6.54 Å². The zero-order chi connectivity index (χ0) is 14.3. The van der Waals surface area contributed by atoms with Crippen LogP contribution in [-0.2, 0) is 11.3 Å². The van der Waals surface area contributed by atoms with Crippen LogP contribution in [0.2, 0.25) is 5.02 Å². The van der Waals surface area contributed by atoms with Crippen LogP contribution in [0, 0.1) is 0 Å². The Bertz CT molecular complexity index is 407. The number of rotatable bonds is 8. The lowest BCUT2D eigenvalue weighted by molar-refractivity contribution is -0.137. The Hall–Kier alpha value is -1.06. The van der Waals surface area contributed by atoms with E-state index in [9.17, 15) is 4.79 Å². The highest BCUT2D eigenvalue weighted by molar-refractivity contribution is 6.30. The molecule has 0 aliphatic carbocycles. The normalized spacial score (nSPS) is 11.2. The van der Waals surface area contributed by atoms with Crippen molar-refractivity contribution in [1.29, 1.82) is 0 Å². The van der Waals surface area contributed by atoms with Crippen molar-refractivity contribution in [3.05, 3.63) is 34.9 Å².